The van der Waals surface area contributed by atoms with Crippen LogP contribution >= 0.6 is 0 Å². The Hall–Kier alpha value is -2.73. The largest absolute Gasteiger partial charge is 0.493 e. The Morgan fingerprint density at radius 1 is 1.04 bits per heavy atom. The summed E-state index contributed by atoms with van der Waals surface area (Å²) in [7, 11) is 3.14. The van der Waals surface area contributed by atoms with Crippen LogP contribution < -0.4 is 20.1 Å². The molecule has 2 aromatic carbocycles. The van der Waals surface area contributed by atoms with Crippen molar-refractivity contribution in [2.45, 2.75) is 19.0 Å². The molecular weight excluding hydrogens is 320 g/mol. The van der Waals surface area contributed by atoms with Crippen LogP contribution in [-0.2, 0) is 13.0 Å². The summed E-state index contributed by atoms with van der Waals surface area (Å²) in [5.41, 5.74) is 1.94. The number of aliphatic hydroxyl groups is 1. The van der Waals surface area contributed by atoms with Gasteiger partial charge in [0.05, 0.1) is 26.9 Å². The zero-order valence-electron chi connectivity index (χ0n) is 14.5. The van der Waals surface area contributed by atoms with Crippen molar-refractivity contribution in [1.82, 2.24) is 10.6 Å². The van der Waals surface area contributed by atoms with Crippen LogP contribution in [0.5, 0.6) is 11.5 Å². The molecule has 0 saturated carbocycles. The lowest BCUT2D eigenvalue weighted by atomic mass is 10.1. The van der Waals surface area contributed by atoms with Gasteiger partial charge in [0, 0.05) is 6.54 Å². The van der Waals surface area contributed by atoms with Crippen LogP contribution in [0, 0.1) is 0 Å². The fraction of sp³-hybridized carbons (Fsp3) is 0.316. The minimum Gasteiger partial charge on any atom is -0.493 e. The number of nitrogens with one attached hydrogen (secondary N) is 2. The van der Waals surface area contributed by atoms with E-state index in [1.807, 2.05) is 42.5 Å². The highest BCUT2D eigenvalue weighted by Crippen LogP contribution is 2.27. The fourth-order valence-corrected chi connectivity index (χ4v) is 2.47. The second kappa shape index (κ2) is 9.54. The molecule has 0 bridgehead atoms. The van der Waals surface area contributed by atoms with Crippen LogP contribution in [0.15, 0.2) is 48.5 Å². The van der Waals surface area contributed by atoms with Crippen LogP contribution in [-0.4, -0.2) is 38.0 Å². The van der Waals surface area contributed by atoms with Crippen molar-refractivity contribution < 1.29 is 19.4 Å². The van der Waals surface area contributed by atoms with E-state index in [2.05, 4.69) is 10.6 Å². The third-order valence-electron chi connectivity index (χ3n) is 3.78. The third-order valence-corrected chi connectivity index (χ3v) is 3.78. The van der Waals surface area contributed by atoms with Crippen molar-refractivity contribution in [1.29, 1.82) is 0 Å². The van der Waals surface area contributed by atoms with E-state index in [-0.39, 0.29) is 18.7 Å². The van der Waals surface area contributed by atoms with Gasteiger partial charge >= 0.3 is 6.03 Å². The first kappa shape index (κ1) is 18.6. The van der Waals surface area contributed by atoms with Crippen LogP contribution in [0.3, 0.4) is 0 Å². The average Bonchev–Trinajstić information content (AvgIpc) is 2.66. The van der Waals surface area contributed by atoms with E-state index in [0.717, 1.165) is 11.1 Å². The second-order valence-corrected chi connectivity index (χ2v) is 5.59. The summed E-state index contributed by atoms with van der Waals surface area (Å²) >= 11 is 0. The lowest BCUT2D eigenvalue weighted by molar-refractivity contribution is 0.215. The number of carbonyl (C=O) groups excluding carboxylic acids is 1. The van der Waals surface area contributed by atoms with Gasteiger partial charge in [-0.15, -0.1) is 0 Å². The van der Waals surface area contributed by atoms with E-state index in [9.17, 15) is 9.90 Å². The first-order chi connectivity index (χ1) is 12.2. The van der Waals surface area contributed by atoms with Crippen molar-refractivity contribution in [2.75, 3.05) is 20.8 Å². The zero-order chi connectivity index (χ0) is 18.1. The van der Waals surface area contributed by atoms with Crippen LogP contribution in [0.25, 0.3) is 0 Å². The van der Waals surface area contributed by atoms with E-state index >= 15 is 0 Å². The number of carbonyl (C=O) groups is 1. The smallest absolute Gasteiger partial charge is 0.315 e. The van der Waals surface area contributed by atoms with Gasteiger partial charge in [0.2, 0.25) is 0 Å². The topological polar surface area (TPSA) is 79.8 Å². The molecule has 6 heteroatoms. The molecular formula is C19H24N2O4. The monoisotopic (exact) mass is 344 g/mol. The fourth-order valence-electron chi connectivity index (χ4n) is 2.47. The number of aliphatic hydroxyl groups excluding tert-OH is 1. The Morgan fingerprint density at radius 3 is 2.40 bits per heavy atom. The summed E-state index contributed by atoms with van der Waals surface area (Å²) in [5.74, 6) is 1.25. The standard InChI is InChI=1S/C19H24N2O4/c1-24-17-9-8-15(11-18(17)25-2)12-20-19(23)21-16(13-22)10-14-6-4-3-5-7-14/h3-9,11,16,22H,10,12-13H2,1-2H3,(H2,20,21,23)/t16-/m1/s1. The van der Waals surface area contributed by atoms with Gasteiger partial charge in [0.25, 0.3) is 0 Å². The highest BCUT2D eigenvalue weighted by molar-refractivity contribution is 5.74. The summed E-state index contributed by atoms with van der Waals surface area (Å²) in [6.45, 7) is 0.217. The third kappa shape index (κ3) is 5.69. The normalized spacial score (nSPS) is 11.5. The molecule has 0 aromatic heterocycles. The number of hydrogen-bond acceptors (Lipinski definition) is 4. The molecule has 0 heterocycles. The highest BCUT2D eigenvalue weighted by Gasteiger charge is 2.12. The molecule has 25 heavy (non-hydrogen) atoms. The molecule has 3 N–H and O–H groups in total. The number of hydrogen-bond donors (Lipinski definition) is 3. The zero-order valence-corrected chi connectivity index (χ0v) is 14.5. The molecule has 0 radical (unpaired) electrons. The average molecular weight is 344 g/mol. The molecule has 0 spiro atoms. The molecule has 0 aliphatic carbocycles. The molecule has 0 unspecified atom stereocenters. The van der Waals surface area contributed by atoms with Gasteiger partial charge in [0.15, 0.2) is 11.5 Å². The van der Waals surface area contributed by atoms with E-state index in [1.54, 1.807) is 20.3 Å². The number of amides is 2. The minimum absolute atomic E-state index is 0.126. The summed E-state index contributed by atoms with van der Waals surface area (Å²) in [5, 5.41) is 15.0. The molecule has 0 aliphatic heterocycles. The first-order valence-electron chi connectivity index (χ1n) is 8.06. The maximum Gasteiger partial charge on any atom is 0.315 e. The lowest BCUT2D eigenvalue weighted by Crippen LogP contribution is -2.44. The Bertz CT molecular complexity index is 676. The Kier molecular flexibility index (Phi) is 7.10. The number of ether oxygens (including phenoxy) is 2. The molecule has 6 nitrogen and oxygen atoms in total. The van der Waals surface area contributed by atoms with Gasteiger partial charge in [-0.05, 0) is 29.7 Å². The van der Waals surface area contributed by atoms with E-state index < -0.39 is 0 Å². The van der Waals surface area contributed by atoms with Crippen molar-refractivity contribution in [3.05, 3.63) is 59.7 Å². The Morgan fingerprint density at radius 2 is 1.76 bits per heavy atom. The van der Waals surface area contributed by atoms with Gasteiger partial charge in [-0.3, -0.25) is 0 Å². The number of benzene rings is 2. The van der Waals surface area contributed by atoms with E-state index in [0.29, 0.717) is 24.5 Å². The highest BCUT2D eigenvalue weighted by atomic mass is 16.5. The quantitative estimate of drug-likeness (QED) is 0.685. The molecule has 2 rings (SSSR count). The summed E-state index contributed by atoms with van der Waals surface area (Å²) in [4.78, 5) is 12.1. The molecule has 0 saturated heterocycles. The molecule has 134 valence electrons. The van der Waals surface area contributed by atoms with Crippen LogP contribution in [0.4, 0.5) is 4.79 Å². The van der Waals surface area contributed by atoms with Crippen molar-refractivity contribution >= 4 is 6.03 Å². The van der Waals surface area contributed by atoms with Gasteiger partial charge in [-0.2, -0.15) is 0 Å². The predicted molar refractivity (Wildman–Crippen MR) is 95.9 cm³/mol. The maximum absolute atomic E-state index is 12.1. The van der Waals surface area contributed by atoms with Gasteiger partial charge in [0.1, 0.15) is 0 Å². The number of urea groups is 1. The van der Waals surface area contributed by atoms with Crippen molar-refractivity contribution in [3.63, 3.8) is 0 Å². The maximum atomic E-state index is 12.1. The van der Waals surface area contributed by atoms with E-state index in [1.165, 1.54) is 0 Å². The van der Waals surface area contributed by atoms with Gasteiger partial charge < -0.3 is 25.2 Å². The van der Waals surface area contributed by atoms with Crippen LogP contribution in [0.1, 0.15) is 11.1 Å². The molecule has 2 aromatic rings. The summed E-state index contributed by atoms with van der Waals surface area (Å²) < 4.78 is 10.4. The van der Waals surface area contributed by atoms with Gasteiger partial charge in [-0.25, -0.2) is 4.79 Å². The minimum atomic E-state index is -0.340. The second-order valence-electron chi connectivity index (χ2n) is 5.59. The lowest BCUT2D eigenvalue weighted by Gasteiger charge is -2.17. The Balaban J connectivity index is 1.87. The predicted octanol–water partition coefficient (Wildman–Crippen LogP) is 2.11. The molecule has 2 amide bonds. The number of rotatable bonds is 8. The molecule has 0 aliphatic rings. The Labute approximate surface area is 147 Å². The van der Waals surface area contributed by atoms with Gasteiger partial charge in [-0.1, -0.05) is 36.4 Å². The first-order valence-corrected chi connectivity index (χ1v) is 8.06. The molecule has 0 fully saturated rings. The van der Waals surface area contributed by atoms with Crippen molar-refractivity contribution in [2.24, 2.45) is 0 Å². The van der Waals surface area contributed by atoms with Crippen molar-refractivity contribution in [3.8, 4) is 11.5 Å². The number of methoxy groups -OCH3 is 2. The summed E-state index contributed by atoms with van der Waals surface area (Å²) in [6, 6.07) is 14.5. The SMILES string of the molecule is COc1ccc(CNC(=O)N[C@@H](CO)Cc2ccccc2)cc1OC. The summed E-state index contributed by atoms with van der Waals surface area (Å²) in [6.07, 6.45) is 0.571. The molecule has 1 atom stereocenters. The van der Waals surface area contributed by atoms with E-state index in [4.69, 9.17) is 9.47 Å². The van der Waals surface area contributed by atoms with Crippen LogP contribution in [0.2, 0.25) is 0 Å².